The topological polar surface area (TPSA) is 12.6 Å². The van der Waals surface area contributed by atoms with Gasteiger partial charge in [0.15, 0.2) is 0 Å². The van der Waals surface area contributed by atoms with Gasteiger partial charge in [-0.1, -0.05) is 126 Å². The molecule has 12 rings (SSSR count). The lowest BCUT2D eigenvalue weighted by atomic mass is 9.33. The summed E-state index contributed by atoms with van der Waals surface area (Å²) in [6.45, 7) is 14.0. The highest BCUT2D eigenvalue weighted by molar-refractivity contribution is 7.00. The molecular weight excluding hydrogens is 653 g/mol. The van der Waals surface area contributed by atoms with Crippen molar-refractivity contribution in [2.45, 2.75) is 52.4 Å². The number of anilines is 3. The Labute approximate surface area is 315 Å². The Balaban J connectivity index is 1.26. The normalized spacial score (nSPS) is 14.0. The highest BCUT2D eigenvalue weighted by atomic mass is 15.2. The number of aromatic nitrogens is 2. The van der Waals surface area contributed by atoms with E-state index in [1.807, 2.05) is 0 Å². The smallest absolute Gasteiger partial charge is 0.252 e. The zero-order chi connectivity index (χ0) is 36.4. The second kappa shape index (κ2) is 9.95. The van der Waals surface area contributed by atoms with E-state index in [9.17, 15) is 0 Å². The van der Waals surface area contributed by atoms with Crippen LogP contribution in [0.5, 0.6) is 0 Å². The quantitative estimate of drug-likeness (QED) is 0.156. The van der Waals surface area contributed by atoms with Crippen LogP contribution in [0.4, 0.5) is 17.1 Å². The highest BCUT2D eigenvalue weighted by Crippen LogP contribution is 2.48. The number of hydrogen-bond acceptors (Lipinski definition) is 1. The van der Waals surface area contributed by atoms with Crippen molar-refractivity contribution in [3.63, 3.8) is 0 Å². The van der Waals surface area contributed by atoms with E-state index in [4.69, 9.17) is 0 Å². The summed E-state index contributed by atoms with van der Waals surface area (Å²) in [6, 6.07) is 51.1. The molecule has 10 aromatic rings. The van der Waals surface area contributed by atoms with Gasteiger partial charge < -0.3 is 13.9 Å². The Kier molecular flexibility index (Phi) is 5.61. The highest BCUT2D eigenvalue weighted by Gasteiger charge is 2.43. The van der Waals surface area contributed by atoms with Crippen molar-refractivity contribution >= 4 is 100 Å². The molecule has 0 saturated heterocycles. The predicted octanol–water partition coefficient (Wildman–Crippen LogP) is 11.1. The molecule has 0 radical (unpaired) electrons. The minimum Gasteiger partial charge on any atom is -0.311 e. The van der Waals surface area contributed by atoms with Crippen LogP contribution >= 0.6 is 0 Å². The fraction of sp³-hybridized carbons (Fsp3) is 0.160. The maximum Gasteiger partial charge on any atom is 0.252 e. The summed E-state index contributed by atoms with van der Waals surface area (Å²) in [7, 11) is 0. The van der Waals surface area contributed by atoms with Crippen LogP contribution in [0, 0.1) is 0 Å². The summed E-state index contributed by atoms with van der Waals surface area (Å²) in [5, 5.41) is 7.94. The number of para-hydroxylation sites is 3. The van der Waals surface area contributed by atoms with Gasteiger partial charge in [0.05, 0.1) is 22.1 Å². The van der Waals surface area contributed by atoms with Gasteiger partial charge in [0, 0.05) is 60.6 Å². The third kappa shape index (κ3) is 3.69. The van der Waals surface area contributed by atoms with E-state index in [2.05, 4.69) is 189 Å². The number of rotatable bonds is 1. The van der Waals surface area contributed by atoms with Crippen molar-refractivity contribution < 1.29 is 0 Å². The van der Waals surface area contributed by atoms with E-state index in [1.54, 1.807) is 0 Å². The van der Waals surface area contributed by atoms with Crippen LogP contribution in [0.1, 0.15) is 52.7 Å². The maximum absolute atomic E-state index is 2.65. The van der Waals surface area contributed by atoms with Gasteiger partial charge in [0.1, 0.15) is 0 Å². The molecule has 2 aliphatic heterocycles. The third-order valence-electron chi connectivity index (χ3n) is 12.7. The van der Waals surface area contributed by atoms with E-state index in [1.165, 1.54) is 110 Å². The zero-order valence-electron chi connectivity index (χ0n) is 31.6. The first-order chi connectivity index (χ1) is 26.1. The first kappa shape index (κ1) is 30.5. The molecule has 54 heavy (non-hydrogen) atoms. The van der Waals surface area contributed by atoms with Crippen molar-refractivity contribution in [2.24, 2.45) is 0 Å². The standard InChI is InChI=1S/C50H40BN3/c1-49(2,3)29-21-24-31(25-22-29)52-41-26-23-30(50(4,5)6)27-38(41)51-37-16-11-15-33-36-28-35-32-13-7-9-17-39(32)53-40-18-10-8-14-34(40)44(47(35)53)48(36)54(46(33)37)43-20-12-19-42(52)45(43)51/h7-28H,1-6H3. The molecule has 2 aliphatic rings. The number of nitrogens with zero attached hydrogens (tertiary/aromatic N) is 3. The number of fused-ring (bicyclic) bond motifs is 14. The second-order valence-electron chi connectivity index (χ2n) is 17.8. The molecule has 4 heteroatoms. The van der Waals surface area contributed by atoms with Gasteiger partial charge in [0.25, 0.3) is 6.71 Å². The van der Waals surface area contributed by atoms with E-state index in [0.717, 1.165) is 0 Å². The largest absolute Gasteiger partial charge is 0.311 e. The van der Waals surface area contributed by atoms with Crippen molar-refractivity contribution in [3.8, 4) is 5.69 Å². The maximum atomic E-state index is 2.65. The molecule has 0 unspecified atom stereocenters. The Hall–Kier alpha value is -6.00. The third-order valence-corrected chi connectivity index (χ3v) is 12.7. The van der Waals surface area contributed by atoms with Gasteiger partial charge >= 0.3 is 0 Å². The summed E-state index contributed by atoms with van der Waals surface area (Å²) in [5.74, 6) is 0. The van der Waals surface area contributed by atoms with Crippen LogP contribution < -0.4 is 21.3 Å². The van der Waals surface area contributed by atoms with E-state index in [-0.39, 0.29) is 17.5 Å². The molecule has 0 bridgehead atoms. The average molecular weight is 694 g/mol. The monoisotopic (exact) mass is 693 g/mol. The minimum absolute atomic E-state index is 0.0177. The summed E-state index contributed by atoms with van der Waals surface area (Å²) >= 11 is 0. The van der Waals surface area contributed by atoms with Crippen molar-refractivity contribution in [1.82, 2.24) is 8.97 Å². The molecule has 0 saturated carbocycles. The van der Waals surface area contributed by atoms with Crippen LogP contribution in [0.3, 0.4) is 0 Å². The van der Waals surface area contributed by atoms with Gasteiger partial charge in [-0.15, -0.1) is 0 Å². The van der Waals surface area contributed by atoms with Gasteiger partial charge in [-0.3, -0.25) is 0 Å². The van der Waals surface area contributed by atoms with Crippen molar-refractivity contribution in [1.29, 1.82) is 0 Å². The Morgan fingerprint density at radius 3 is 1.83 bits per heavy atom. The summed E-state index contributed by atoms with van der Waals surface area (Å²) < 4.78 is 5.16. The van der Waals surface area contributed by atoms with E-state index in [0.29, 0.717) is 0 Å². The average Bonchev–Trinajstić information content (AvgIpc) is 3.81. The van der Waals surface area contributed by atoms with Gasteiger partial charge in [-0.25, -0.2) is 0 Å². The minimum atomic E-state index is 0.0177. The number of benzene rings is 7. The lowest BCUT2D eigenvalue weighted by molar-refractivity contribution is 0.590. The fourth-order valence-corrected chi connectivity index (χ4v) is 10.2. The molecule has 0 N–H and O–H groups in total. The molecule has 0 amide bonds. The van der Waals surface area contributed by atoms with Crippen molar-refractivity contribution in [2.75, 3.05) is 4.90 Å². The lowest BCUT2D eigenvalue weighted by Crippen LogP contribution is -2.60. The van der Waals surface area contributed by atoms with Crippen LogP contribution in [0.15, 0.2) is 133 Å². The molecule has 0 atom stereocenters. The van der Waals surface area contributed by atoms with Gasteiger partial charge in [-0.05, 0) is 86.9 Å². The molecule has 0 aliphatic carbocycles. The first-order valence-corrected chi connectivity index (χ1v) is 19.4. The number of hydrogen-bond donors (Lipinski definition) is 0. The van der Waals surface area contributed by atoms with Crippen LogP contribution in [0.25, 0.3) is 65.6 Å². The van der Waals surface area contributed by atoms with Gasteiger partial charge in [0.2, 0.25) is 0 Å². The fourth-order valence-electron chi connectivity index (χ4n) is 10.2. The van der Waals surface area contributed by atoms with Crippen molar-refractivity contribution in [3.05, 3.63) is 145 Å². The SMILES string of the molecule is CC(C)(C)c1ccc(N2c3ccc(C(C)(C)C)cc3B3c4c2cccc4-n2c4c3cccc4c3cc4c5ccccc5n5c6ccccc6c(c32)c45)cc1. The predicted molar refractivity (Wildman–Crippen MR) is 232 cm³/mol. The second-order valence-corrected chi connectivity index (χ2v) is 17.8. The summed E-state index contributed by atoms with van der Waals surface area (Å²) in [6.07, 6.45) is 0. The zero-order valence-corrected chi connectivity index (χ0v) is 31.6. The summed E-state index contributed by atoms with van der Waals surface area (Å²) in [5.41, 5.74) is 18.4. The van der Waals surface area contributed by atoms with E-state index < -0.39 is 0 Å². The molecule has 3 nitrogen and oxygen atoms in total. The first-order valence-electron chi connectivity index (χ1n) is 19.4. The Morgan fingerprint density at radius 1 is 0.444 bits per heavy atom. The lowest BCUT2D eigenvalue weighted by Gasteiger charge is -2.41. The van der Waals surface area contributed by atoms with Crippen LogP contribution in [0.2, 0.25) is 0 Å². The molecule has 258 valence electrons. The Morgan fingerprint density at radius 2 is 1.07 bits per heavy atom. The summed E-state index contributed by atoms with van der Waals surface area (Å²) in [4.78, 5) is 2.53. The molecular formula is C50H40BN3. The molecule has 3 aromatic heterocycles. The van der Waals surface area contributed by atoms with Crippen LogP contribution in [-0.2, 0) is 10.8 Å². The van der Waals surface area contributed by atoms with E-state index >= 15 is 0 Å². The van der Waals surface area contributed by atoms with Crippen LogP contribution in [-0.4, -0.2) is 15.7 Å². The molecule has 5 heterocycles. The molecule has 0 spiro atoms. The molecule has 0 fully saturated rings. The Bertz CT molecular complexity index is 3240. The molecule has 7 aromatic carbocycles. The van der Waals surface area contributed by atoms with Gasteiger partial charge in [-0.2, -0.15) is 0 Å².